The van der Waals surface area contributed by atoms with Gasteiger partial charge in [0.2, 0.25) is 5.91 Å². The van der Waals surface area contributed by atoms with Crippen LogP contribution < -0.4 is 15.1 Å². The fourth-order valence-electron chi connectivity index (χ4n) is 3.15. The number of likely N-dealkylation sites (N-methyl/N-ethyl adjacent to an activating group) is 1. The second-order valence-electron chi connectivity index (χ2n) is 6.94. The number of piperazine rings is 1. The smallest absolute Gasteiger partial charge is 0.293 e. The largest absolute Gasteiger partial charge is 0.355 e. The SMILES string of the molecule is CC(=O)Nc1ccc(N=Cc2ccc(N3CC[NH+](C)CC3)c([N+](=O)[O-])c2)cc1. The van der Waals surface area contributed by atoms with Crippen molar-refractivity contribution >= 4 is 34.9 Å². The molecule has 2 N–H and O–H groups in total. The Morgan fingerprint density at radius 1 is 1.21 bits per heavy atom. The molecule has 0 aliphatic carbocycles. The molecule has 0 aromatic heterocycles. The molecule has 8 heteroatoms. The molecule has 3 rings (SSSR count). The third-order valence-electron chi connectivity index (χ3n) is 4.70. The highest BCUT2D eigenvalue weighted by molar-refractivity contribution is 5.89. The van der Waals surface area contributed by atoms with Crippen LogP contribution in [0.15, 0.2) is 47.5 Å². The summed E-state index contributed by atoms with van der Waals surface area (Å²) in [5.74, 6) is -0.134. The first kappa shape index (κ1) is 19.5. The molecule has 2 aromatic carbocycles. The van der Waals surface area contributed by atoms with Gasteiger partial charge in [0.15, 0.2) is 0 Å². The predicted octanol–water partition coefficient (Wildman–Crippen LogP) is 1.64. The maximum Gasteiger partial charge on any atom is 0.293 e. The van der Waals surface area contributed by atoms with Crippen LogP contribution in [0.1, 0.15) is 12.5 Å². The van der Waals surface area contributed by atoms with Gasteiger partial charge in [0.25, 0.3) is 5.69 Å². The number of aliphatic imine (C=N–C) groups is 1. The Morgan fingerprint density at radius 2 is 1.89 bits per heavy atom. The minimum absolute atomic E-state index is 0.101. The van der Waals surface area contributed by atoms with Gasteiger partial charge >= 0.3 is 0 Å². The van der Waals surface area contributed by atoms with Crippen molar-refractivity contribution in [3.8, 4) is 0 Å². The van der Waals surface area contributed by atoms with Gasteiger partial charge in [-0.15, -0.1) is 0 Å². The van der Waals surface area contributed by atoms with Crippen molar-refractivity contribution in [3.63, 3.8) is 0 Å². The normalized spacial score (nSPS) is 15.0. The van der Waals surface area contributed by atoms with Crippen LogP contribution in [0.25, 0.3) is 0 Å². The quantitative estimate of drug-likeness (QED) is 0.467. The van der Waals surface area contributed by atoms with Gasteiger partial charge in [0, 0.05) is 24.9 Å². The van der Waals surface area contributed by atoms with Gasteiger partial charge in [-0.1, -0.05) is 6.07 Å². The molecule has 0 radical (unpaired) electrons. The second kappa shape index (κ2) is 8.62. The minimum Gasteiger partial charge on any atom is -0.355 e. The summed E-state index contributed by atoms with van der Waals surface area (Å²) in [7, 11) is 2.13. The van der Waals surface area contributed by atoms with E-state index in [-0.39, 0.29) is 16.5 Å². The molecule has 2 aromatic rings. The maximum absolute atomic E-state index is 11.6. The first-order valence-electron chi connectivity index (χ1n) is 9.19. The summed E-state index contributed by atoms with van der Waals surface area (Å²) in [6.45, 7) is 5.00. The van der Waals surface area contributed by atoms with Gasteiger partial charge < -0.3 is 15.1 Å². The first-order chi connectivity index (χ1) is 13.4. The van der Waals surface area contributed by atoms with Gasteiger partial charge in [-0.25, -0.2) is 0 Å². The number of hydrogen-bond acceptors (Lipinski definition) is 5. The number of carbonyl (C=O) groups is 1. The van der Waals surface area contributed by atoms with Crippen LogP contribution >= 0.6 is 0 Å². The lowest BCUT2D eigenvalue weighted by Gasteiger charge is -2.31. The molecule has 1 aliphatic heterocycles. The summed E-state index contributed by atoms with van der Waals surface area (Å²) in [5, 5.41) is 14.3. The van der Waals surface area contributed by atoms with E-state index in [2.05, 4.69) is 22.3 Å². The lowest BCUT2D eigenvalue weighted by atomic mass is 10.1. The lowest BCUT2D eigenvalue weighted by molar-refractivity contribution is -0.880. The molecule has 0 unspecified atom stereocenters. The molecule has 1 fully saturated rings. The molecule has 28 heavy (non-hydrogen) atoms. The fraction of sp³-hybridized carbons (Fsp3) is 0.300. The maximum atomic E-state index is 11.6. The average Bonchev–Trinajstić information content (AvgIpc) is 2.67. The topological polar surface area (TPSA) is 92.3 Å². The molecule has 1 saturated heterocycles. The van der Waals surface area contributed by atoms with Crippen molar-refractivity contribution < 1.29 is 14.6 Å². The Hall–Kier alpha value is -3.26. The average molecular weight is 382 g/mol. The van der Waals surface area contributed by atoms with Crippen molar-refractivity contribution in [1.82, 2.24) is 0 Å². The number of nitro groups is 1. The number of rotatable bonds is 5. The summed E-state index contributed by atoms with van der Waals surface area (Å²) < 4.78 is 0. The Bertz CT molecular complexity index is 887. The van der Waals surface area contributed by atoms with Crippen molar-refractivity contribution in [2.75, 3.05) is 43.4 Å². The monoisotopic (exact) mass is 382 g/mol. The van der Waals surface area contributed by atoms with Crippen LogP contribution in [0.3, 0.4) is 0 Å². The van der Waals surface area contributed by atoms with Crippen LogP contribution in [-0.4, -0.2) is 50.3 Å². The van der Waals surface area contributed by atoms with E-state index in [0.717, 1.165) is 26.2 Å². The number of nitro benzene ring substituents is 1. The van der Waals surface area contributed by atoms with E-state index < -0.39 is 0 Å². The number of nitrogens with one attached hydrogen (secondary N) is 2. The molecular weight excluding hydrogens is 358 g/mol. The highest BCUT2D eigenvalue weighted by atomic mass is 16.6. The van der Waals surface area contributed by atoms with E-state index in [4.69, 9.17) is 0 Å². The van der Waals surface area contributed by atoms with Gasteiger partial charge in [-0.05, 0) is 35.9 Å². The molecule has 1 heterocycles. The molecular formula is C20H24N5O3+. The molecule has 146 valence electrons. The summed E-state index contributed by atoms with van der Waals surface area (Å²) in [6, 6.07) is 12.3. The molecule has 0 atom stereocenters. The molecule has 1 amide bonds. The van der Waals surface area contributed by atoms with Gasteiger partial charge in [-0.2, -0.15) is 0 Å². The summed E-state index contributed by atoms with van der Waals surface area (Å²) >= 11 is 0. The highest BCUT2D eigenvalue weighted by Gasteiger charge is 2.24. The molecule has 0 spiro atoms. The first-order valence-corrected chi connectivity index (χ1v) is 9.19. The van der Waals surface area contributed by atoms with Crippen molar-refractivity contribution in [1.29, 1.82) is 0 Å². The zero-order valence-corrected chi connectivity index (χ0v) is 16.0. The molecule has 0 saturated carbocycles. The zero-order chi connectivity index (χ0) is 20.1. The second-order valence-corrected chi connectivity index (χ2v) is 6.94. The predicted molar refractivity (Wildman–Crippen MR) is 110 cm³/mol. The van der Waals surface area contributed by atoms with Gasteiger partial charge in [0.05, 0.1) is 43.8 Å². The van der Waals surface area contributed by atoms with Crippen LogP contribution in [0.2, 0.25) is 0 Å². The van der Waals surface area contributed by atoms with Crippen molar-refractivity contribution in [2.24, 2.45) is 4.99 Å². The van der Waals surface area contributed by atoms with Gasteiger partial charge in [0.1, 0.15) is 5.69 Å². The third-order valence-corrected chi connectivity index (χ3v) is 4.70. The molecule has 1 aliphatic rings. The number of anilines is 2. The Morgan fingerprint density at radius 3 is 2.50 bits per heavy atom. The standard InChI is InChI=1S/C20H23N5O3/c1-15(26)22-18-6-4-17(5-7-18)21-14-16-3-8-19(20(13-16)25(27)28)24-11-9-23(2)10-12-24/h3-8,13-14H,9-12H2,1-2H3,(H,22,26)/p+1. The Kier molecular flexibility index (Phi) is 6.00. The van der Waals surface area contributed by atoms with Crippen LogP contribution in [0.4, 0.5) is 22.7 Å². The number of amides is 1. The van der Waals surface area contributed by atoms with Crippen molar-refractivity contribution in [2.45, 2.75) is 6.92 Å². The zero-order valence-electron chi connectivity index (χ0n) is 16.0. The van der Waals surface area contributed by atoms with E-state index in [1.807, 2.05) is 6.07 Å². The van der Waals surface area contributed by atoms with E-state index >= 15 is 0 Å². The van der Waals surface area contributed by atoms with E-state index in [9.17, 15) is 14.9 Å². The number of nitrogens with zero attached hydrogens (tertiary/aromatic N) is 3. The Labute approximate surface area is 163 Å². The number of hydrogen-bond donors (Lipinski definition) is 2. The minimum atomic E-state index is -0.333. The lowest BCUT2D eigenvalue weighted by Crippen LogP contribution is -3.12. The highest BCUT2D eigenvalue weighted by Crippen LogP contribution is 2.29. The van der Waals surface area contributed by atoms with Gasteiger partial charge in [-0.3, -0.25) is 19.9 Å². The van der Waals surface area contributed by atoms with Crippen LogP contribution in [0, 0.1) is 10.1 Å². The van der Waals surface area contributed by atoms with E-state index in [1.54, 1.807) is 42.6 Å². The summed E-state index contributed by atoms with van der Waals surface area (Å²) in [6.07, 6.45) is 1.61. The fourth-order valence-corrected chi connectivity index (χ4v) is 3.15. The molecule has 0 bridgehead atoms. The summed E-state index contributed by atoms with van der Waals surface area (Å²) in [4.78, 5) is 30.2. The van der Waals surface area contributed by atoms with Crippen LogP contribution in [-0.2, 0) is 4.79 Å². The third kappa shape index (κ3) is 4.92. The number of carbonyl (C=O) groups excluding carboxylic acids is 1. The van der Waals surface area contributed by atoms with Crippen LogP contribution in [0.5, 0.6) is 0 Å². The Balaban J connectivity index is 1.77. The molecule has 8 nitrogen and oxygen atoms in total. The van der Waals surface area contributed by atoms with Crippen molar-refractivity contribution in [3.05, 3.63) is 58.1 Å². The van der Waals surface area contributed by atoms with E-state index in [1.165, 1.54) is 11.8 Å². The summed E-state index contributed by atoms with van der Waals surface area (Å²) in [5.41, 5.74) is 2.82. The number of benzene rings is 2. The number of quaternary nitrogens is 1. The van der Waals surface area contributed by atoms with E-state index in [0.29, 0.717) is 22.6 Å².